The van der Waals surface area contributed by atoms with Crippen LogP contribution < -0.4 is 14.8 Å². The first-order valence-electron chi connectivity index (χ1n) is 6.06. The highest BCUT2D eigenvalue weighted by Gasteiger charge is 2.08. The van der Waals surface area contributed by atoms with Gasteiger partial charge in [0.05, 0.1) is 6.61 Å². The van der Waals surface area contributed by atoms with Crippen LogP contribution in [0.3, 0.4) is 0 Å². The average molecular weight is 241 g/mol. The van der Waals surface area contributed by atoms with Crippen LogP contribution >= 0.6 is 0 Å². The second kappa shape index (κ2) is 7.51. The maximum Gasteiger partial charge on any atom is 0.412 e. The topological polar surface area (TPSA) is 67.8 Å². The van der Waals surface area contributed by atoms with E-state index in [1.807, 2.05) is 0 Å². The minimum atomic E-state index is -0.592. The maximum absolute atomic E-state index is 11.4. The Bertz CT molecular complexity index is 373. The van der Waals surface area contributed by atoms with Crippen molar-refractivity contribution in [3.05, 3.63) is 24.3 Å². The van der Waals surface area contributed by atoms with Gasteiger partial charge in [0.1, 0.15) is 0 Å². The summed E-state index contributed by atoms with van der Waals surface area (Å²) in [6.45, 7) is 0.748. The fourth-order valence-electron chi connectivity index (χ4n) is 1.17. The number of amides is 1. The van der Waals surface area contributed by atoms with Crippen molar-refractivity contribution in [1.82, 2.24) is 5.32 Å². The highest BCUT2D eigenvalue weighted by molar-refractivity contribution is 5.71. The van der Waals surface area contributed by atoms with Crippen molar-refractivity contribution in [2.45, 2.75) is 13.3 Å². The minimum absolute atomic E-state index is 0.0173. The number of benzene rings is 1. The van der Waals surface area contributed by atoms with Gasteiger partial charge in [-0.05, 0) is 25.5 Å². The van der Waals surface area contributed by atoms with Crippen LogP contribution in [0.2, 0.25) is 0 Å². The fourth-order valence-corrected chi connectivity index (χ4v) is 1.17. The Balaban J connectivity index is 2.51. The van der Waals surface area contributed by atoms with Gasteiger partial charge in [0.25, 0.3) is 0 Å². The molecule has 0 aliphatic carbocycles. The number of aliphatic hydroxyl groups is 1. The number of ether oxygens (including phenoxy) is 2. The standard InChI is InChI=1S/C12H17NO4/c1-2-16-10-6-3-4-7-11(10)17-12(15)13-8-5-9-14/h3-4,6-7,14H,2,5,8-9H2,1H3,(H,13,15)/i1T. The van der Waals surface area contributed by atoms with Crippen LogP contribution in [0.5, 0.6) is 11.5 Å². The third kappa shape index (κ3) is 4.74. The fraction of sp³-hybridized carbons (Fsp3) is 0.417. The lowest BCUT2D eigenvalue weighted by molar-refractivity contribution is 0.195. The van der Waals surface area contributed by atoms with E-state index in [4.69, 9.17) is 16.0 Å². The van der Waals surface area contributed by atoms with E-state index in [1.165, 1.54) is 0 Å². The van der Waals surface area contributed by atoms with Crippen molar-refractivity contribution in [2.75, 3.05) is 19.8 Å². The van der Waals surface area contributed by atoms with E-state index >= 15 is 0 Å². The second-order valence-corrected chi connectivity index (χ2v) is 3.19. The quantitative estimate of drug-likeness (QED) is 0.742. The molecular weight excluding hydrogens is 222 g/mol. The van der Waals surface area contributed by atoms with Gasteiger partial charge in [-0.2, -0.15) is 0 Å². The number of rotatable bonds is 6. The van der Waals surface area contributed by atoms with Crippen LogP contribution in [0.15, 0.2) is 24.3 Å². The Morgan fingerprint density at radius 1 is 1.47 bits per heavy atom. The zero-order valence-corrected chi connectivity index (χ0v) is 9.52. The van der Waals surface area contributed by atoms with Crippen LogP contribution in [-0.4, -0.2) is 31.0 Å². The number of nitrogens with one attached hydrogen (secondary N) is 1. The molecule has 17 heavy (non-hydrogen) atoms. The lowest BCUT2D eigenvalue weighted by Crippen LogP contribution is -2.28. The Morgan fingerprint density at radius 2 is 2.24 bits per heavy atom. The summed E-state index contributed by atoms with van der Waals surface area (Å²) >= 11 is 0. The number of carbonyl (C=O) groups is 1. The van der Waals surface area contributed by atoms with E-state index in [9.17, 15) is 4.79 Å². The summed E-state index contributed by atoms with van der Waals surface area (Å²) in [5.41, 5.74) is 0. The zero-order chi connectivity index (χ0) is 13.2. The highest BCUT2D eigenvalue weighted by atomic mass is 16.6. The molecule has 0 spiro atoms. The van der Waals surface area contributed by atoms with E-state index in [0.717, 1.165) is 0 Å². The molecule has 0 radical (unpaired) electrons. The third-order valence-electron chi connectivity index (χ3n) is 1.91. The van der Waals surface area contributed by atoms with Crippen molar-refractivity contribution >= 4 is 6.09 Å². The van der Waals surface area contributed by atoms with Gasteiger partial charge in [0, 0.05) is 14.5 Å². The molecule has 0 heterocycles. The smallest absolute Gasteiger partial charge is 0.412 e. The summed E-state index contributed by atoms with van der Waals surface area (Å²) in [7, 11) is 0. The van der Waals surface area contributed by atoms with E-state index in [0.29, 0.717) is 24.5 Å². The molecule has 0 bridgehead atoms. The first-order valence-corrected chi connectivity index (χ1v) is 5.35. The lowest BCUT2D eigenvalue weighted by atomic mass is 10.3. The molecule has 1 rings (SSSR count). The van der Waals surface area contributed by atoms with E-state index < -0.39 is 6.09 Å². The lowest BCUT2D eigenvalue weighted by Gasteiger charge is -2.10. The average Bonchev–Trinajstić information content (AvgIpc) is 2.38. The van der Waals surface area contributed by atoms with E-state index in [2.05, 4.69) is 5.32 Å². The molecular formula is C12H17NO4. The monoisotopic (exact) mass is 241 g/mol. The van der Waals surface area contributed by atoms with Gasteiger partial charge < -0.3 is 19.9 Å². The molecule has 5 heteroatoms. The molecule has 0 aliphatic heterocycles. The van der Waals surface area contributed by atoms with Crippen LogP contribution in [0.25, 0.3) is 0 Å². The Labute approximate surface area is 102 Å². The molecule has 0 atom stereocenters. The van der Waals surface area contributed by atoms with Gasteiger partial charge >= 0.3 is 6.09 Å². The molecule has 1 aromatic rings. The van der Waals surface area contributed by atoms with Gasteiger partial charge in [0.15, 0.2) is 11.5 Å². The zero-order valence-electron chi connectivity index (χ0n) is 10.5. The molecule has 0 saturated heterocycles. The van der Waals surface area contributed by atoms with Crippen molar-refractivity contribution in [3.8, 4) is 11.5 Å². The van der Waals surface area contributed by atoms with E-state index in [1.54, 1.807) is 24.3 Å². The molecule has 0 aliphatic rings. The molecule has 1 amide bonds. The first kappa shape index (κ1) is 11.7. The van der Waals surface area contributed by atoms with Crippen molar-refractivity contribution in [3.63, 3.8) is 0 Å². The molecule has 94 valence electrons. The van der Waals surface area contributed by atoms with Gasteiger partial charge in [-0.25, -0.2) is 4.79 Å². The largest absolute Gasteiger partial charge is 0.490 e. The van der Waals surface area contributed by atoms with Gasteiger partial charge in [0.2, 0.25) is 0 Å². The maximum atomic E-state index is 11.4. The van der Waals surface area contributed by atoms with Crippen LogP contribution in [0, 0.1) is 0 Å². The summed E-state index contributed by atoms with van der Waals surface area (Å²) in [6, 6.07) is 6.77. The van der Waals surface area contributed by atoms with Crippen molar-refractivity contribution < 1.29 is 20.7 Å². The molecule has 0 saturated carbocycles. The number of aliphatic hydroxyl groups excluding tert-OH is 1. The third-order valence-corrected chi connectivity index (χ3v) is 1.91. The Morgan fingerprint density at radius 3 is 2.94 bits per heavy atom. The van der Waals surface area contributed by atoms with E-state index in [-0.39, 0.29) is 20.1 Å². The minimum Gasteiger partial charge on any atom is -0.490 e. The summed E-state index contributed by atoms with van der Waals surface area (Å²) in [4.78, 5) is 11.4. The number of carbonyl (C=O) groups excluding carboxylic acids is 1. The number of hydrogen-bond acceptors (Lipinski definition) is 4. The first-order chi connectivity index (χ1) is 8.77. The molecule has 0 aromatic heterocycles. The molecule has 2 N–H and O–H groups in total. The highest BCUT2D eigenvalue weighted by Crippen LogP contribution is 2.26. The molecule has 5 nitrogen and oxygen atoms in total. The Kier molecular flexibility index (Phi) is 5.18. The summed E-state index contributed by atoms with van der Waals surface area (Å²) in [5, 5.41) is 11.1. The SMILES string of the molecule is [3H]CCOc1ccccc1OC(=O)NCCCO. The molecule has 0 fully saturated rings. The Hall–Kier alpha value is -1.75. The number of para-hydroxylation sites is 2. The predicted octanol–water partition coefficient (Wildman–Crippen LogP) is 1.56. The summed E-state index contributed by atoms with van der Waals surface area (Å²) < 4.78 is 17.4. The van der Waals surface area contributed by atoms with Crippen molar-refractivity contribution in [1.29, 1.82) is 0 Å². The summed E-state index contributed by atoms with van der Waals surface area (Å²) in [6.07, 6.45) is -0.114. The van der Waals surface area contributed by atoms with Gasteiger partial charge in [-0.15, -0.1) is 0 Å². The van der Waals surface area contributed by atoms with Crippen LogP contribution in [-0.2, 0) is 0 Å². The normalized spacial score (nSPS) is 10.5. The van der Waals surface area contributed by atoms with Crippen molar-refractivity contribution in [2.24, 2.45) is 0 Å². The van der Waals surface area contributed by atoms with Crippen LogP contribution in [0.1, 0.15) is 14.7 Å². The second-order valence-electron chi connectivity index (χ2n) is 3.19. The van der Waals surface area contributed by atoms with Gasteiger partial charge in [-0.1, -0.05) is 12.1 Å². The van der Waals surface area contributed by atoms with Gasteiger partial charge in [-0.3, -0.25) is 0 Å². The molecule has 1 aromatic carbocycles. The molecule has 0 unspecified atom stereocenters. The number of hydrogen-bond donors (Lipinski definition) is 2. The van der Waals surface area contributed by atoms with Crippen LogP contribution in [0.4, 0.5) is 4.79 Å². The summed E-state index contributed by atoms with van der Waals surface area (Å²) in [5.74, 6) is 0.745. The predicted molar refractivity (Wildman–Crippen MR) is 63.3 cm³/mol.